The zero-order chi connectivity index (χ0) is 15.7. The summed E-state index contributed by atoms with van der Waals surface area (Å²) in [7, 11) is -3.77. The molecule has 1 aliphatic rings. The second-order valence-corrected chi connectivity index (χ2v) is 8.05. The number of hydrogen-bond acceptors (Lipinski definition) is 3. The number of nitrogens with one attached hydrogen (secondary N) is 1. The van der Waals surface area contributed by atoms with Crippen LogP contribution in [0, 0.1) is 11.2 Å². The van der Waals surface area contributed by atoms with Crippen molar-refractivity contribution < 1.29 is 12.8 Å². The van der Waals surface area contributed by atoms with Crippen molar-refractivity contribution in [1.29, 1.82) is 0 Å². The number of benzene rings is 1. The van der Waals surface area contributed by atoms with E-state index >= 15 is 0 Å². The van der Waals surface area contributed by atoms with Crippen molar-refractivity contribution in [1.82, 2.24) is 4.72 Å². The van der Waals surface area contributed by atoms with E-state index in [4.69, 9.17) is 5.73 Å². The van der Waals surface area contributed by atoms with Crippen molar-refractivity contribution in [3.8, 4) is 0 Å². The van der Waals surface area contributed by atoms with Gasteiger partial charge in [-0.25, -0.2) is 17.5 Å². The van der Waals surface area contributed by atoms with Gasteiger partial charge in [0.15, 0.2) is 0 Å². The van der Waals surface area contributed by atoms with Crippen LogP contribution < -0.4 is 10.5 Å². The first-order chi connectivity index (χ1) is 9.76. The van der Waals surface area contributed by atoms with E-state index in [0.717, 1.165) is 31.7 Å². The molecule has 0 bridgehead atoms. The SMILES string of the molecule is CC1(C)CCCCC1NS(=O)(=O)c1cc(F)ccc1CN. The summed E-state index contributed by atoms with van der Waals surface area (Å²) in [6.07, 6.45) is 3.90. The maximum Gasteiger partial charge on any atom is 0.241 e. The van der Waals surface area contributed by atoms with Gasteiger partial charge in [-0.05, 0) is 36.0 Å². The lowest BCUT2D eigenvalue weighted by molar-refractivity contribution is 0.188. The van der Waals surface area contributed by atoms with E-state index < -0.39 is 15.8 Å². The van der Waals surface area contributed by atoms with Crippen LogP contribution in [0.2, 0.25) is 0 Å². The van der Waals surface area contributed by atoms with Gasteiger partial charge in [-0.3, -0.25) is 0 Å². The Morgan fingerprint density at radius 1 is 1.38 bits per heavy atom. The average Bonchev–Trinajstić information content (AvgIpc) is 2.41. The highest BCUT2D eigenvalue weighted by molar-refractivity contribution is 7.89. The smallest absolute Gasteiger partial charge is 0.241 e. The van der Waals surface area contributed by atoms with Crippen molar-refractivity contribution in [3.63, 3.8) is 0 Å². The third-order valence-electron chi connectivity index (χ3n) is 4.34. The summed E-state index contributed by atoms with van der Waals surface area (Å²) >= 11 is 0. The van der Waals surface area contributed by atoms with Crippen molar-refractivity contribution in [2.45, 2.75) is 57.0 Å². The topological polar surface area (TPSA) is 72.2 Å². The van der Waals surface area contributed by atoms with E-state index in [1.54, 1.807) is 0 Å². The molecular formula is C15H23FN2O2S. The Morgan fingerprint density at radius 2 is 2.10 bits per heavy atom. The van der Waals surface area contributed by atoms with Gasteiger partial charge >= 0.3 is 0 Å². The molecule has 6 heteroatoms. The molecule has 1 atom stereocenters. The van der Waals surface area contributed by atoms with Gasteiger partial charge in [-0.15, -0.1) is 0 Å². The minimum Gasteiger partial charge on any atom is -0.326 e. The summed E-state index contributed by atoms with van der Waals surface area (Å²) < 4.78 is 41.3. The molecule has 1 fully saturated rings. The molecule has 1 aliphatic carbocycles. The van der Waals surface area contributed by atoms with Gasteiger partial charge in [0.1, 0.15) is 5.82 Å². The molecular weight excluding hydrogens is 291 g/mol. The monoisotopic (exact) mass is 314 g/mol. The Balaban J connectivity index is 2.32. The average molecular weight is 314 g/mol. The molecule has 4 nitrogen and oxygen atoms in total. The highest BCUT2D eigenvalue weighted by atomic mass is 32.2. The Morgan fingerprint density at radius 3 is 2.71 bits per heavy atom. The molecule has 0 radical (unpaired) electrons. The molecule has 0 aromatic heterocycles. The molecule has 1 aromatic carbocycles. The fourth-order valence-electron chi connectivity index (χ4n) is 2.91. The molecule has 3 N–H and O–H groups in total. The molecule has 1 unspecified atom stereocenters. The summed E-state index contributed by atoms with van der Waals surface area (Å²) in [5.74, 6) is -0.574. The van der Waals surface area contributed by atoms with Crippen molar-refractivity contribution >= 4 is 10.0 Å². The van der Waals surface area contributed by atoms with E-state index in [2.05, 4.69) is 18.6 Å². The fraction of sp³-hybridized carbons (Fsp3) is 0.600. The summed E-state index contributed by atoms with van der Waals surface area (Å²) in [6.45, 7) is 4.19. The molecule has 0 amide bonds. The lowest BCUT2D eigenvalue weighted by atomic mass is 9.74. The standard InChI is InChI=1S/C15H23FN2O2S/c1-15(2)8-4-3-5-14(15)18-21(19,20)13-9-12(16)7-6-11(13)10-17/h6-7,9,14,18H,3-5,8,10,17H2,1-2H3. The predicted octanol–water partition coefficient (Wildman–Crippen LogP) is 2.53. The summed E-state index contributed by atoms with van der Waals surface area (Å²) in [6, 6.07) is 3.56. The quantitative estimate of drug-likeness (QED) is 0.897. The number of rotatable bonds is 4. The number of nitrogens with two attached hydrogens (primary N) is 1. The highest BCUT2D eigenvalue weighted by Gasteiger charge is 2.35. The van der Waals surface area contributed by atoms with Crippen LogP contribution in [0.1, 0.15) is 45.1 Å². The summed E-state index contributed by atoms with van der Waals surface area (Å²) in [5.41, 5.74) is 5.90. The van der Waals surface area contributed by atoms with E-state index in [1.807, 2.05) is 0 Å². The zero-order valence-electron chi connectivity index (χ0n) is 12.5. The summed E-state index contributed by atoms with van der Waals surface area (Å²) in [4.78, 5) is -0.0497. The third-order valence-corrected chi connectivity index (χ3v) is 5.90. The molecule has 21 heavy (non-hydrogen) atoms. The van der Waals surface area contributed by atoms with Crippen LogP contribution in [-0.2, 0) is 16.6 Å². The van der Waals surface area contributed by atoms with Gasteiger partial charge in [0, 0.05) is 12.6 Å². The van der Waals surface area contributed by atoms with Gasteiger partial charge in [-0.1, -0.05) is 32.8 Å². The molecule has 2 rings (SSSR count). The second kappa shape index (κ2) is 6.02. The maximum atomic E-state index is 13.4. The van der Waals surface area contributed by atoms with E-state index in [0.29, 0.717) is 5.56 Å². The van der Waals surface area contributed by atoms with Gasteiger partial charge in [0.05, 0.1) is 4.90 Å². The van der Waals surface area contributed by atoms with Crippen LogP contribution >= 0.6 is 0 Å². The van der Waals surface area contributed by atoms with Crippen molar-refractivity contribution in [3.05, 3.63) is 29.6 Å². The van der Waals surface area contributed by atoms with Crippen LogP contribution in [0.5, 0.6) is 0 Å². The third kappa shape index (κ3) is 3.62. The van der Waals surface area contributed by atoms with Crippen LogP contribution in [0.15, 0.2) is 23.1 Å². The Kier molecular flexibility index (Phi) is 4.70. The first-order valence-electron chi connectivity index (χ1n) is 7.27. The second-order valence-electron chi connectivity index (χ2n) is 6.36. The lowest BCUT2D eigenvalue weighted by Gasteiger charge is -2.38. The molecule has 1 saturated carbocycles. The number of sulfonamides is 1. The molecule has 0 heterocycles. The first-order valence-corrected chi connectivity index (χ1v) is 8.75. The summed E-state index contributed by atoms with van der Waals surface area (Å²) in [5, 5.41) is 0. The van der Waals surface area contributed by atoms with Gasteiger partial charge in [0.25, 0.3) is 0 Å². The first kappa shape index (κ1) is 16.4. The number of hydrogen-bond donors (Lipinski definition) is 2. The zero-order valence-corrected chi connectivity index (χ0v) is 13.3. The van der Waals surface area contributed by atoms with Crippen molar-refractivity contribution in [2.75, 3.05) is 0 Å². The molecule has 1 aromatic rings. The highest BCUT2D eigenvalue weighted by Crippen LogP contribution is 2.36. The Hall–Kier alpha value is -0.980. The minimum atomic E-state index is -3.77. The van der Waals surface area contributed by atoms with E-state index in [9.17, 15) is 12.8 Å². The molecule has 0 spiro atoms. The van der Waals surface area contributed by atoms with E-state index in [1.165, 1.54) is 12.1 Å². The molecule has 118 valence electrons. The number of halogens is 1. The van der Waals surface area contributed by atoms with Gasteiger partial charge in [-0.2, -0.15) is 0 Å². The van der Waals surface area contributed by atoms with Crippen LogP contribution in [-0.4, -0.2) is 14.5 Å². The maximum absolute atomic E-state index is 13.4. The molecule has 0 aliphatic heterocycles. The van der Waals surface area contributed by atoms with Gasteiger partial charge in [0.2, 0.25) is 10.0 Å². The van der Waals surface area contributed by atoms with Crippen LogP contribution in [0.25, 0.3) is 0 Å². The van der Waals surface area contributed by atoms with E-state index in [-0.39, 0.29) is 22.9 Å². The minimum absolute atomic E-state index is 0.0497. The van der Waals surface area contributed by atoms with Crippen molar-refractivity contribution in [2.24, 2.45) is 11.1 Å². The van der Waals surface area contributed by atoms with Crippen LogP contribution in [0.3, 0.4) is 0 Å². The normalized spacial score (nSPS) is 22.2. The van der Waals surface area contributed by atoms with Crippen LogP contribution in [0.4, 0.5) is 4.39 Å². The predicted molar refractivity (Wildman–Crippen MR) is 80.6 cm³/mol. The largest absolute Gasteiger partial charge is 0.326 e. The fourth-order valence-corrected chi connectivity index (χ4v) is 4.61. The lowest BCUT2D eigenvalue weighted by Crippen LogP contribution is -2.46. The Labute approximate surface area is 126 Å². The molecule has 0 saturated heterocycles. The Bertz CT molecular complexity index is 614. The van der Waals surface area contributed by atoms with Gasteiger partial charge < -0.3 is 5.73 Å².